The van der Waals surface area contributed by atoms with Crippen molar-refractivity contribution >= 4 is 25.9 Å². The van der Waals surface area contributed by atoms with Crippen LogP contribution >= 0.6 is 11.8 Å². The second kappa shape index (κ2) is 10.4. The zero-order chi connectivity index (χ0) is 19.9. The number of thioether (sulfide) groups is 1. The normalized spacial score (nSPS) is 21.9. The zero-order valence-electron chi connectivity index (χ0n) is 17.2. The molecule has 0 amide bonds. The fraction of sp³-hybridized carbons (Fsp3) is 0.522. The van der Waals surface area contributed by atoms with Crippen LogP contribution in [-0.2, 0) is 9.22 Å². The Morgan fingerprint density at radius 3 is 2.59 bits per heavy atom. The van der Waals surface area contributed by atoms with E-state index in [-0.39, 0.29) is 23.1 Å². The Morgan fingerprint density at radius 2 is 1.96 bits per heavy atom. The molecule has 3 atom stereocenters. The lowest BCUT2D eigenvalue weighted by atomic mass is 9.97. The SMILES string of the molecule is C=C1C(=O)CC(O[Si](C)(C)C)C1C(C=CCCCCC)Sc1ccccc1. The van der Waals surface area contributed by atoms with Gasteiger partial charge >= 0.3 is 0 Å². The third-order valence-electron chi connectivity index (χ3n) is 4.72. The number of hydrogen-bond acceptors (Lipinski definition) is 3. The van der Waals surface area contributed by atoms with Crippen LogP contribution in [-0.4, -0.2) is 25.5 Å². The molecule has 0 saturated heterocycles. The topological polar surface area (TPSA) is 26.3 Å². The van der Waals surface area contributed by atoms with Gasteiger partial charge < -0.3 is 4.43 Å². The lowest BCUT2D eigenvalue weighted by Crippen LogP contribution is -2.37. The Labute approximate surface area is 170 Å². The maximum Gasteiger partial charge on any atom is 0.184 e. The Balaban J connectivity index is 2.22. The highest BCUT2D eigenvalue weighted by Crippen LogP contribution is 2.41. The van der Waals surface area contributed by atoms with Crippen LogP contribution in [0.5, 0.6) is 0 Å². The lowest BCUT2D eigenvalue weighted by Gasteiger charge is -2.31. The maximum atomic E-state index is 12.5. The van der Waals surface area contributed by atoms with Gasteiger partial charge in [-0.05, 0) is 50.2 Å². The van der Waals surface area contributed by atoms with Crippen molar-refractivity contribution in [2.24, 2.45) is 5.92 Å². The van der Waals surface area contributed by atoms with E-state index in [1.165, 1.54) is 24.2 Å². The number of allylic oxidation sites excluding steroid dienone is 1. The van der Waals surface area contributed by atoms with Crippen LogP contribution in [0.1, 0.15) is 39.0 Å². The largest absolute Gasteiger partial charge is 0.414 e. The van der Waals surface area contributed by atoms with E-state index in [9.17, 15) is 4.79 Å². The van der Waals surface area contributed by atoms with E-state index in [4.69, 9.17) is 4.43 Å². The molecule has 1 saturated carbocycles. The van der Waals surface area contributed by atoms with Gasteiger partial charge in [-0.1, -0.05) is 56.7 Å². The van der Waals surface area contributed by atoms with Gasteiger partial charge in [0.15, 0.2) is 14.1 Å². The first-order valence-electron chi connectivity index (χ1n) is 10.1. The highest BCUT2D eigenvalue weighted by molar-refractivity contribution is 8.00. The smallest absolute Gasteiger partial charge is 0.184 e. The number of Topliss-reactive ketones (excluding diaryl/α,β-unsaturated/α-hetero) is 1. The van der Waals surface area contributed by atoms with Crippen LogP contribution in [0, 0.1) is 5.92 Å². The predicted octanol–water partition coefficient (Wildman–Crippen LogP) is 6.65. The first-order chi connectivity index (χ1) is 12.8. The number of hydrogen-bond donors (Lipinski definition) is 0. The minimum atomic E-state index is -1.74. The summed E-state index contributed by atoms with van der Waals surface area (Å²) in [5, 5.41) is 0.175. The number of unbranched alkanes of at least 4 members (excludes halogenated alkanes) is 3. The fourth-order valence-electron chi connectivity index (χ4n) is 3.46. The molecular weight excluding hydrogens is 368 g/mol. The van der Waals surface area contributed by atoms with Crippen molar-refractivity contribution in [1.29, 1.82) is 0 Å². The average Bonchev–Trinajstić information content (AvgIpc) is 2.86. The van der Waals surface area contributed by atoms with Gasteiger partial charge in [0, 0.05) is 22.5 Å². The molecule has 1 aromatic carbocycles. The van der Waals surface area contributed by atoms with Gasteiger partial charge in [0.25, 0.3) is 0 Å². The summed E-state index contributed by atoms with van der Waals surface area (Å²) in [6, 6.07) is 10.4. The molecule has 0 bridgehead atoms. The van der Waals surface area contributed by atoms with Crippen LogP contribution in [0.25, 0.3) is 0 Å². The Bertz CT molecular complexity index is 648. The quantitative estimate of drug-likeness (QED) is 0.144. The third kappa shape index (κ3) is 7.09. The van der Waals surface area contributed by atoms with E-state index in [0.717, 1.165) is 12.0 Å². The molecule has 148 valence electrons. The molecule has 2 rings (SSSR count). The summed E-state index contributed by atoms with van der Waals surface area (Å²) in [5.74, 6) is 0.221. The van der Waals surface area contributed by atoms with E-state index >= 15 is 0 Å². The first-order valence-corrected chi connectivity index (χ1v) is 14.4. The molecule has 1 aromatic rings. The molecule has 2 nitrogen and oxygen atoms in total. The van der Waals surface area contributed by atoms with Crippen LogP contribution < -0.4 is 0 Å². The fourth-order valence-corrected chi connectivity index (χ4v) is 5.90. The monoisotopic (exact) mass is 402 g/mol. The molecule has 1 aliphatic carbocycles. The summed E-state index contributed by atoms with van der Waals surface area (Å²) in [5.41, 5.74) is 0.741. The molecule has 0 aliphatic heterocycles. The Hall–Kier alpha value is -1.10. The van der Waals surface area contributed by atoms with E-state index in [0.29, 0.717) is 6.42 Å². The summed E-state index contributed by atoms with van der Waals surface area (Å²) < 4.78 is 6.43. The van der Waals surface area contributed by atoms with Gasteiger partial charge in [-0.25, -0.2) is 0 Å². The second-order valence-corrected chi connectivity index (χ2v) is 14.0. The maximum absolute atomic E-state index is 12.5. The van der Waals surface area contributed by atoms with Gasteiger partial charge in [-0.15, -0.1) is 11.8 Å². The van der Waals surface area contributed by atoms with Crippen molar-refractivity contribution in [2.45, 2.75) is 74.9 Å². The third-order valence-corrected chi connectivity index (χ3v) is 7.00. The molecule has 3 unspecified atom stereocenters. The van der Waals surface area contributed by atoms with Crippen molar-refractivity contribution in [3.8, 4) is 0 Å². The van der Waals surface area contributed by atoms with Crippen molar-refractivity contribution in [2.75, 3.05) is 0 Å². The van der Waals surface area contributed by atoms with Crippen LogP contribution in [0.2, 0.25) is 19.6 Å². The van der Waals surface area contributed by atoms with Crippen molar-refractivity contribution in [1.82, 2.24) is 0 Å². The highest BCUT2D eigenvalue weighted by atomic mass is 32.2. The minimum Gasteiger partial charge on any atom is -0.414 e. The number of ketones is 1. The van der Waals surface area contributed by atoms with E-state index in [1.807, 2.05) is 17.8 Å². The standard InChI is InChI=1S/C23H34O2SSi/c1-6-7-8-9-13-16-22(26-19-14-11-10-12-15-19)23-18(2)20(24)17-21(23)25-27(3,4)5/h10-16,21-23H,2,6-9,17H2,1,3-5H3. The van der Waals surface area contributed by atoms with Gasteiger partial charge in [0.05, 0.1) is 6.10 Å². The van der Waals surface area contributed by atoms with Crippen molar-refractivity contribution in [3.05, 3.63) is 54.6 Å². The molecule has 1 aliphatic rings. The lowest BCUT2D eigenvalue weighted by molar-refractivity contribution is -0.115. The molecule has 0 aromatic heterocycles. The second-order valence-electron chi connectivity index (χ2n) is 8.27. The molecule has 27 heavy (non-hydrogen) atoms. The zero-order valence-corrected chi connectivity index (χ0v) is 19.1. The molecular formula is C23H34O2SSi. The summed E-state index contributed by atoms with van der Waals surface area (Å²) >= 11 is 1.82. The molecule has 0 spiro atoms. The van der Waals surface area contributed by atoms with Crippen molar-refractivity contribution < 1.29 is 9.22 Å². The summed E-state index contributed by atoms with van der Waals surface area (Å²) in [4.78, 5) is 13.7. The molecule has 0 N–H and O–H groups in total. The summed E-state index contributed by atoms with van der Waals surface area (Å²) in [7, 11) is -1.74. The Morgan fingerprint density at radius 1 is 1.26 bits per heavy atom. The summed E-state index contributed by atoms with van der Waals surface area (Å²) in [6.45, 7) is 13.0. The van der Waals surface area contributed by atoms with Crippen LogP contribution in [0.3, 0.4) is 0 Å². The van der Waals surface area contributed by atoms with Gasteiger partial charge in [-0.2, -0.15) is 0 Å². The average molecular weight is 403 g/mol. The minimum absolute atomic E-state index is 0.0434. The van der Waals surface area contributed by atoms with E-state index in [1.54, 1.807) is 0 Å². The van der Waals surface area contributed by atoms with Gasteiger partial charge in [0.2, 0.25) is 0 Å². The first kappa shape index (κ1) is 22.2. The van der Waals surface area contributed by atoms with E-state index in [2.05, 4.69) is 69.6 Å². The Kier molecular flexibility index (Phi) is 8.58. The molecule has 1 fully saturated rings. The predicted molar refractivity (Wildman–Crippen MR) is 120 cm³/mol. The number of carbonyl (C=O) groups excluding carboxylic acids is 1. The highest BCUT2D eigenvalue weighted by Gasteiger charge is 2.43. The van der Waals surface area contributed by atoms with Crippen LogP contribution in [0.4, 0.5) is 0 Å². The number of carbonyl (C=O) groups is 1. The van der Waals surface area contributed by atoms with Crippen molar-refractivity contribution in [3.63, 3.8) is 0 Å². The van der Waals surface area contributed by atoms with Gasteiger partial charge in [-0.3, -0.25) is 4.79 Å². The van der Waals surface area contributed by atoms with Gasteiger partial charge in [0.1, 0.15) is 0 Å². The molecule has 0 radical (unpaired) electrons. The summed E-state index contributed by atoms with van der Waals surface area (Å²) in [6.07, 6.45) is 9.82. The van der Waals surface area contributed by atoms with E-state index < -0.39 is 8.32 Å². The number of benzene rings is 1. The van der Waals surface area contributed by atoms with Crippen LogP contribution in [0.15, 0.2) is 59.5 Å². The number of rotatable bonds is 10. The molecule has 0 heterocycles. The molecule has 4 heteroatoms.